The molecule has 0 saturated heterocycles. The number of halogens is 1. The summed E-state index contributed by atoms with van der Waals surface area (Å²) >= 11 is 3.41. The Morgan fingerprint density at radius 3 is 2.63 bits per heavy atom. The monoisotopic (exact) mass is 320 g/mol. The smallest absolute Gasteiger partial charge is 0.269 e. The Balaban J connectivity index is 2.18. The Morgan fingerprint density at radius 1 is 1.21 bits per heavy atom. The molecule has 0 heterocycles. The van der Waals surface area contributed by atoms with Crippen LogP contribution in [0.15, 0.2) is 53.0 Å². The molecular weight excluding hydrogens is 308 g/mol. The summed E-state index contributed by atoms with van der Waals surface area (Å²) in [6.45, 7) is 1.97. The predicted molar refractivity (Wildman–Crippen MR) is 79.3 cm³/mol. The first kappa shape index (κ1) is 13.5. The summed E-state index contributed by atoms with van der Waals surface area (Å²) in [7, 11) is 0. The summed E-state index contributed by atoms with van der Waals surface area (Å²) in [5.74, 6) is 0. The number of hydrogen-bond acceptors (Lipinski definition) is 3. The van der Waals surface area contributed by atoms with Gasteiger partial charge < -0.3 is 5.32 Å². The van der Waals surface area contributed by atoms with Gasteiger partial charge in [0.05, 0.1) is 4.92 Å². The molecule has 1 unspecified atom stereocenters. The van der Waals surface area contributed by atoms with Crippen LogP contribution in [-0.2, 0) is 0 Å². The normalized spacial score (nSPS) is 11.9. The maximum Gasteiger partial charge on any atom is 0.269 e. The van der Waals surface area contributed by atoms with Crippen molar-refractivity contribution in [3.63, 3.8) is 0 Å². The largest absolute Gasteiger partial charge is 0.378 e. The van der Waals surface area contributed by atoms with Crippen molar-refractivity contribution in [2.24, 2.45) is 0 Å². The van der Waals surface area contributed by atoms with Gasteiger partial charge in [-0.3, -0.25) is 10.1 Å². The standard InChI is InChI=1S/C14H13BrN2O2/c1-10(16-13-6-3-5-12(15)9-13)11-4-2-7-14(8-11)17(18)19/h2-10,16H,1H3. The average molecular weight is 321 g/mol. The van der Waals surface area contributed by atoms with E-state index >= 15 is 0 Å². The zero-order valence-corrected chi connectivity index (χ0v) is 11.9. The van der Waals surface area contributed by atoms with Gasteiger partial charge in [0, 0.05) is 28.3 Å². The molecule has 2 aromatic carbocycles. The van der Waals surface area contributed by atoms with Crippen LogP contribution < -0.4 is 5.32 Å². The van der Waals surface area contributed by atoms with Crippen LogP contribution in [0.1, 0.15) is 18.5 Å². The molecule has 19 heavy (non-hydrogen) atoms. The van der Waals surface area contributed by atoms with E-state index in [1.54, 1.807) is 12.1 Å². The van der Waals surface area contributed by atoms with Gasteiger partial charge in [0.25, 0.3) is 5.69 Å². The van der Waals surface area contributed by atoms with Gasteiger partial charge in [-0.1, -0.05) is 34.1 Å². The average Bonchev–Trinajstić information content (AvgIpc) is 2.39. The fourth-order valence-electron chi connectivity index (χ4n) is 1.82. The van der Waals surface area contributed by atoms with Gasteiger partial charge in [0.2, 0.25) is 0 Å². The van der Waals surface area contributed by atoms with Crippen molar-refractivity contribution in [1.29, 1.82) is 0 Å². The lowest BCUT2D eigenvalue weighted by molar-refractivity contribution is -0.384. The molecule has 0 fully saturated rings. The highest BCUT2D eigenvalue weighted by Gasteiger charge is 2.10. The number of nitro groups is 1. The Hall–Kier alpha value is -1.88. The zero-order chi connectivity index (χ0) is 13.8. The molecule has 4 nitrogen and oxygen atoms in total. The van der Waals surface area contributed by atoms with Crippen molar-refractivity contribution in [3.8, 4) is 0 Å². The zero-order valence-electron chi connectivity index (χ0n) is 10.3. The first-order valence-electron chi connectivity index (χ1n) is 5.83. The number of anilines is 1. The van der Waals surface area contributed by atoms with Crippen molar-refractivity contribution in [1.82, 2.24) is 0 Å². The van der Waals surface area contributed by atoms with Crippen molar-refractivity contribution in [2.75, 3.05) is 5.32 Å². The maximum absolute atomic E-state index is 10.8. The molecule has 2 aromatic rings. The molecule has 0 amide bonds. The molecule has 0 bridgehead atoms. The fourth-order valence-corrected chi connectivity index (χ4v) is 2.22. The van der Waals surface area contributed by atoms with E-state index in [0.29, 0.717) is 0 Å². The minimum atomic E-state index is -0.380. The van der Waals surface area contributed by atoms with E-state index in [-0.39, 0.29) is 16.7 Å². The van der Waals surface area contributed by atoms with Gasteiger partial charge >= 0.3 is 0 Å². The summed E-state index contributed by atoms with van der Waals surface area (Å²) in [6, 6.07) is 14.5. The molecule has 0 saturated carbocycles. The molecule has 2 rings (SSSR count). The van der Waals surface area contributed by atoms with E-state index in [2.05, 4.69) is 21.2 Å². The number of benzene rings is 2. The number of nitrogens with zero attached hydrogens (tertiary/aromatic N) is 1. The summed E-state index contributed by atoms with van der Waals surface area (Å²) in [4.78, 5) is 10.4. The highest BCUT2D eigenvalue weighted by molar-refractivity contribution is 9.10. The lowest BCUT2D eigenvalue weighted by Gasteiger charge is -2.15. The molecule has 0 aliphatic heterocycles. The lowest BCUT2D eigenvalue weighted by Crippen LogP contribution is -2.06. The van der Waals surface area contributed by atoms with Crippen LogP contribution in [0, 0.1) is 10.1 Å². The van der Waals surface area contributed by atoms with Gasteiger partial charge in [-0.15, -0.1) is 0 Å². The summed E-state index contributed by atoms with van der Waals surface area (Å²) in [6.07, 6.45) is 0. The summed E-state index contributed by atoms with van der Waals surface area (Å²) in [5, 5.41) is 14.1. The SMILES string of the molecule is CC(Nc1cccc(Br)c1)c1cccc([N+](=O)[O-])c1. The van der Waals surface area contributed by atoms with Crippen molar-refractivity contribution in [2.45, 2.75) is 13.0 Å². The molecule has 0 aliphatic carbocycles. The quantitative estimate of drug-likeness (QED) is 0.665. The molecule has 98 valence electrons. The molecule has 0 radical (unpaired) electrons. The second kappa shape index (κ2) is 5.84. The van der Waals surface area contributed by atoms with E-state index in [4.69, 9.17) is 0 Å². The fraction of sp³-hybridized carbons (Fsp3) is 0.143. The highest BCUT2D eigenvalue weighted by atomic mass is 79.9. The van der Waals surface area contributed by atoms with Gasteiger partial charge in [-0.2, -0.15) is 0 Å². The molecular formula is C14H13BrN2O2. The van der Waals surface area contributed by atoms with E-state index in [0.717, 1.165) is 15.7 Å². The Labute approximate surface area is 119 Å². The topological polar surface area (TPSA) is 55.2 Å². The Kier molecular flexibility index (Phi) is 4.16. The lowest BCUT2D eigenvalue weighted by atomic mass is 10.1. The van der Waals surface area contributed by atoms with Gasteiger partial charge in [0.15, 0.2) is 0 Å². The molecule has 1 N–H and O–H groups in total. The molecule has 0 aromatic heterocycles. The summed E-state index contributed by atoms with van der Waals surface area (Å²) in [5.41, 5.74) is 1.96. The van der Waals surface area contributed by atoms with Crippen LogP contribution >= 0.6 is 15.9 Å². The van der Waals surface area contributed by atoms with Crippen LogP contribution in [0.25, 0.3) is 0 Å². The number of nitro benzene ring substituents is 1. The minimum Gasteiger partial charge on any atom is -0.378 e. The number of hydrogen-bond donors (Lipinski definition) is 1. The van der Waals surface area contributed by atoms with Gasteiger partial charge in [-0.05, 0) is 30.7 Å². The molecule has 5 heteroatoms. The van der Waals surface area contributed by atoms with Crippen LogP contribution in [0.3, 0.4) is 0 Å². The van der Waals surface area contributed by atoms with E-state index in [9.17, 15) is 10.1 Å². The van der Waals surface area contributed by atoms with Crippen LogP contribution in [-0.4, -0.2) is 4.92 Å². The highest BCUT2D eigenvalue weighted by Crippen LogP contribution is 2.24. The van der Waals surface area contributed by atoms with Crippen LogP contribution in [0.2, 0.25) is 0 Å². The number of rotatable bonds is 4. The third kappa shape index (κ3) is 3.54. The predicted octanol–water partition coefficient (Wildman–Crippen LogP) is 4.53. The third-order valence-corrected chi connectivity index (χ3v) is 3.28. The first-order chi connectivity index (χ1) is 9.06. The first-order valence-corrected chi connectivity index (χ1v) is 6.62. The van der Waals surface area contributed by atoms with Crippen molar-refractivity contribution in [3.05, 3.63) is 68.7 Å². The Bertz CT molecular complexity index is 602. The third-order valence-electron chi connectivity index (χ3n) is 2.79. The van der Waals surface area contributed by atoms with Crippen molar-refractivity contribution < 1.29 is 4.92 Å². The minimum absolute atomic E-state index is 0.00537. The van der Waals surface area contributed by atoms with E-state index in [1.165, 1.54) is 6.07 Å². The number of non-ortho nitro benzene ring substituents is 1. The molecule has 0 spiro atoms. The van der Waals surface area contributed by atoms with E-state index in [1.807, 2.05) is 37.3 Å². The molecule has 0 aliphatic rings. The van der Waals surface area contributed by atoms with Gasteiger partial charge in [-0.25, -0.2) is 0 Å². The molecule has 1 atom stereocenters. The maximum atomic E-state index is 10.8. The van der Waals surface area contributed by atoms with Crippen molar-refractivity contribution >= 4 is 27.3 Å². The summed E-state index contributed by atoms with van der Waals surface area (Å²) < 4.78 is 0.990. The van der Waals surface area contributed by atoms with Gasteiger partial charge in [0.1, 0.15) is 0 Å². The van der Waals surface area contributed by atoms with Crippen LogP contribution in [0.5, 0.6) is 0 Å². The Morgan fingerprint density at radius 2 is 1.95 bits per heavy atom. The van der Waals surface area contributed by atoms with Crippen LogP contribution in [0.4, 0.5) is 11.4 Å². The second-order valence-electron chi connectivity index (χ2n) is 4.23. The number of nitrogens with one attached hydrogen (secondary N) is 1. The van der Waals surface area contributed by atoms with E-state index < -0.39 is 0 Å². The second-order valence-corrected chi connectivity index (χ2v) is 5.14.